The molecule has 0 bridgehead atoms. The van der Waals surface area contributed by atoms with Crippen LogP contribution in [-0.2, 0) is 20.7 Å². The summed E-state index contributed by atoms with van der Waals surface area (Å²) in [7, 11) is -0.507. The summed E-state index contributed by atoms with van der Waals surface area (Å²) in [6.07, 6.45) is 5.77. The summed E-state index contributed by atoms with van der Waals surface area (Å²) in [5, 5.41) is 0. The fraction of sp³-hybridized carbons (Fsp3) is 0.459. The highest BCUT2D eigenvalue weighted by Crippen LogP contribution is 2.48. The number of fused-ring (bicyclic) bond motifs is 1. The molecule has 1 aliphatic heterocycles. The number of rotatable bonds is 14. The molecule has 3 aromatic rings. The number of hydrogen-bond donors (Lipinski definition) is 0. The molecule has 0 N–H and O–H groups in total. The van der Waals surface area contributed by atoms with Gasteiger partial charge in [0.25, 0.3) is 10.1 Å². The summed E-state index contributed by atoms with van der Waals surface area (Å²) < 4.78 is 50.6. The van der Waals surface area contributed by atoms with E-state index >= 15 is 0 Å². The summed E-state index contributed by atoms with van der Waals surface area (Å²) in [6.45, 7) is 7.81. The second kappa shape index (κ2) is 15.3. The van der Waals surface area contributed by atoms with Gasteiger partial charge in [-0.25, -0.2) is 0 Å². The molecular weight excluding hydrogens is 586 g/mol. The normalized spacial score (nSPS) is 16.3. The lowest BCUT2D eigenvalue weighted by atomic mass is 9.78. The summed E-state index contributed by atoms with van der Waals surface area (Å²) in [5.41, 5.74) is 6.78. The number of ether oxygens (including phenoxy) is 3. The van der Waals surface area contributed by atoms with Crippen LogP contribution in [0.2, 0.25) is 0 Å². The SMILES string of the molecule is CCCCS(=O)(=O)OC(C1=C(c2cccc(OC)c2C)CCc2cc(OC)ccc21)c1ccc(OCCN2CCCCC2)cc1. The first-order chi connectivity index (χ1) is 21.8. The maximum absolute atomic E-state index is 13.5. The van der Waals surface area contributed by atoms with Crippen molar-refractivity contribution in [1.29, 1.82) is 0 Å². The van der Waals surface area contributed by atoms with E-state index in [0.717, 1.165) is 95.1 Å². The zero-order chi connectivity index (χ0) is 31.8. The first-order valence-corrected chi connectivity index (χ1v) is 17.8. The highest BCUT2D eigenvalue weighted by atomic mass is 32.2. The summed E-state index contributed by atoms with van der Waals surface area (Å²) >= 11 is 0. The van der Waals surface area contributed by atoms with Gasteiger partial charge < -0.3 is 14.2 Å². The Hall–Kier alpha value is -3.33. The molecule has 1 aliphatic carbocycles. The number of benzene rings is 3. The van der Waals surface area contributed by atoms with Gasteiger partial charge in [-0.05, 0) is 121 Å². The summed E-state index contributed by atoms with van der Waals surface area (Å²) in [4.78, 5) is 2.45. The average Bonchev–Trinajstić information content (AvgIpc) is 3.06. The Bertz CT molecular complexity index is 1570. The quantitative estimate of drug-likeness (QED) is 0.169. The molecule has 3 aromatic carbocycles. The Balaban J connectivity index is 1.58. The number of unbranched alkanes of at least 4 members (excludes halogenated alkanes) is 1. The second-order valence-corrected chi connectivity index (χ2v) is 13.7. The lowest BCUT2D eigenvalue weighted by Gasteiger charge is -2.31. The number of hydrogen-bond acceptors (Lipinski definition) is 7. The van der Waals surface area contributed by atoms with Crippen molar-refractivity contribution >= 4 is 21.3 Å². The fourth-order valence-electron chi connectivity index (χ4n) is 6.47. The Morgan fingerprint density at radius 2 is 1.62 bits per heavy atom. The molecule has 1 fully saturated rings. The molecule has 8 heteroatoms. The molecule has 1 heterocycles. The van der Waals surface area contributed by atoms with Crippen molar-refractivity contribution in [3.8, 4) is 17.2 Å². The van der Waals surface area contributed by atoms with Gasteiger partial charge >= 0.3 is 0 Å². The summed E-state index contributed by atoms with van der Waals surface area (Å²) in [6, 6.07) is 19.8. The van der Waals surface area contributed by atoms with E-state index in [2.05, 4.69) is 11.0 Å². The van der Waals surface area contributed by atoms with Gasteiger partial charge in [0, 0.05) is 6.54 Å². The molecule has 0 saturated carbocycles. The second-order valence-electron chi connectivity index (χ2n) is 12.0. The Morgan fingerprint density at radius 1 is 0.867 bits per heavy atom. The van der Waals surface area contributed by atoms with Crippen molar-refractivity contribution in [1.82, 2.24) is 4.90 Å². The predicted molar refractivity (Wildman–Crippen MR) is 181 cm³/mol. The van der Waals surface area contributed by atoms with Crippen LogP contribution in [0.4, 0.5) is 0 Å². The Morgan fingerprint density at radius 3 is 2.33 bits per heavy atom. The highest BCUT2D eigenvalue weighted by molar-refractivity contribution is 7.86. The predicted octanol–water partition coefficient (Wildman–Crippen LogP) is 7.62. The smallest absolute Gasteiger partial charge is 0.268 e. The van der Waals surface area contributed by atoms with Gasteiger partial charge in [0.15, 0.2) is 0 Å². The number of piperidine rings is 1. The van der Waals surface area contributed by atoms with Crippen LogP contribution >= 0.6 is 0 Å². The monoisotopic (exact) mass is 633 g/mol. The Labute approximate surface area is 269 Å². The third-order valence-electron chi connectivity index (χ3n) is 8.96. The van der Waals surface area contributed by atoms with E-state index in [1.807, 2.05) is 68.4 Å². The van der Waals surface area contributed by atoms with Crippen LogP contribution in [0, 0.1) is 6.92 Å². The third kappa shape index (κ3) is 8.10. The number of nitrogens with zero attached hydrogens (tertiary/aromatic N) is 1. The van der Waals surface area contributed by atoms with Gasteiger partial charge in [0.2, 0.25) is 0 Å². The van der Waals surface area contributed by atoms with Crippen molar-refractivity contribution in [2.45, 2.75) is 64.9 Å². The van der Waals surface area contributed by atoms with E-state index < -0.39 is 16.2 Å². The fourth-order valence-corrected chi connectivity index (χ4v) is 7.70. The molecular formula is C37H47NO6S. The lowest BCUT2D eigenvalue weighted by Crippen LogP contribution is -2.33. The van der Waals surface area contributed by atoms with Crippen molar-refractivity contribution in [2.75, 3.05) is 46.2 Å². The molecule has 7 nitrogen and oxygen atoms in total. The minimum atomic E-state index is -3.84. The van der Waals surface area contributed by atoms with E-state index in [-0.39, 0.29) is 5.75 Å². The van der Waals surface area contributed by atoms with Gasteiger partial charge in [-0.2, -0.15) is 8.42 Å². The van der Waals surface area contributed by atoms with E-state index in [1.165, 1.54) is 19.3 Å². The molecule has 5 rings (SSSR count). The van der Waals surface area contributed by atoms with Gasteiger partial charge in [-0.3, -0.25) is 9.08 Å². The van der Waals surface area contributed by atoms with Crippen LogP contribution in [0.15, 0.2) is 60.7 Å². The molecule has 1 atom stereocenters. The average molecular weight is 634 g/mol. The van der Waals surface area contributed by atoms with Gasteiger partial charge in [0.05, 0.1) is 20.0 Å². The van der Waals surface area contributed by atoms with Gasteiger partial charge in [-0.15, -0.1) is 0 Å². The largest absolute Gasteiger partial charge is 0.497 e. The maximum atomic E-state index is 13.5. The highest BCUT2D eigenvalue weighted by Gasteiger charge is 2.33. The van der Waals surface area contributed by atoms with Crippen LogP contribution in [0.5, 0.6) is 17.2 Å². The number of allylic oxidation sites excluding steroid dienone is 1. The maximum Gasteiger partial charge on any atom is 0.268 e. The standard InChI is InChI=1S/C37H47NO6S/c1-5-6-25-45(39,40)44-37(28-13-16-30(17-14-28)43-24-23-38-21-8-7-9-22-38)36-33-20-18-31(41-3)26-29(33)15-19-34(36)32-11-10-12-35(42-4)27(32)2/h10-14,16-18,20,26,37H,5-9,15,19,21-25H2,1-4H3. The topological polar surface area (TPSA) is 74.3 Å². The van der Waals surface area contributed by atoms with Crippen molar-refractivity contribution in [3.63, 3.8) is 0 Å². The van der Waals surface area contributed by atoms with Gasteiger partial charge in [0.1, 0.15) is 30.0 Å². The first kappa shape index (κ1) is 33.0. The van der Waals surface area contributed by atoms with Crippen LogP contribution in [0.1, 0.15) is 79.4 Å². The minimum Gasteiger partial charge on any atom is -0.497 e. The third-order valence-corrected chi connectivity index (χ3v) is 10.2. The molecule has 0 aromatic heterocycles. The van der Waals surface area contributed by atoms with Crippen molar-refractivity contribution in [2.24, 2.45) is 0 Å². The molecule has 2 aliphatic rings. The van der Waals surface area contributed by atoms with Crippen LogP contribution < -0.4 is 14.2 Å². The number of likely N-dealkylation sites (tertiary alicyclic amines) is 1. The van der Waals surface area contributed by atoms with Crippen molar-refractivity contribution in [3.05, 3.63) is 88.5 Å². The zero-order valence-electron chi connectivity index (χ0n) is 27.1. The molecule has 1 saturated heterocycles. The number of aryl methyl sites for hydroxylation is 1. The lowest BCUT2D eigenvalue weighted by molar-refractivity contribution is 0.183. The van der Waals surface area contributed by atoms with Crippen LogP contribution in [0.3, 0.4) is 0 Å². The molecule has 242 valence electrons. The summed E-state index contributed by atoms with van der Waals surface area (Å²) in [5.74, 6) is 2.29. The van der Waals surface area contributed by atoms with E-state index in [9.17, 15) is 8.42 Å². The molecule has 45 heavy (non-hydrogen) atoms. The molecule has 0 spiro atoms. The minimum absolute atomic E-state index is 0.0338. The first-order valence-electron chi connectivity index (χ1n) is 16.2. The van der Waals surface area contributed by atoms with Crippen LogP contribution in [0.25, 0.3) is 11.1 Å². The molecule has 0 amide bonds. The Kier molecular flexibility index (Phi) is 11.2. The zero-order valence-corrected chi connectivity index (χ0v) is 28.0. The van der Waals surface area contributed by atoms with Gasteiger partial charge in [-0.1, -0.05) is 50.1 Å². The van der Waals surface area contributed by atoms with Crippen LogP contribution in [-0.4, -0.2) is 59.5 Å². The van der Waals surface area contributed by atoms with E-state index in [0.29, 0.717) is 13.0 Å². The molecule has 0 radical (unpaired) electrons. The van der Waals surface area contributed by atoms with E-state index in [1.54, 1.807) is 14.2 Å². The van der Waals surface area contributed by atoms with Crippen molar-refractivity contribution < 1.29 is 26.8 Å². The van der Waals surface area contributed by atoms with E-state index in [4.69, 9.17) is 18.4 Å². The number of methoxy groups -OCH3 is 2. The molecule has 1 unspecified atom stereocenters.